The molecule has 4 aliphatic rings. The molecule has 8 nitrogen and oxygen atoms in total. The van der Waals surface area contributed by atoms with E-state index in [1.807, 2.05) is 92.7 Å². The van der Waals surface area contributed by atoms with Crippen molar-refractivity contribution < 1.29 is 38.6 Å². The minimum absolute atomic E-state index is 0.0691. The molecular formula is C77H110O8. The Labute approximate surface area is 515 Å². The van der Waals surface area contributed by atoms with Gasteiger partial charge in [-0.1, -0.05) is 167 Å². The minimum Gasteiger partial charge on any atom is -0.508 e. The van der Waals surface area contributed by atoms with Gasteiger partial charge in [-0.15, -0.1) is 0 Å². The first-order valence-corrected chi connectivity index (χ1v) is 32.7. The van der Waals surface area contributed by atoms with Gasteiger partial charge in [0.05, 0.1) is 13.2 Å². The number of phenols is 2. The van der Waals surface area contributed by atoms with Gasteiger partial charge < -0.3 is 38.6 Å². The van der Waals surface area contributed by atoms with Gasteiger partial charge in [-0.3, -0.25) is 0 Å². The molecule has 6 aromatic carbocycles. The Morgan fingerprint density at radius 1 is 0.388 bits per heavy atom. The standard InChI is InChI=1S/C23H34O2.C19H24O2.C15H24O2.2C10H14O/c1-4-16(3)20-6-8-21(9-7-20)25-22(24-5-2)23-13-17-10-18(14-23)12-19(11-17)15-23;1-4-15(2)18-10-12-19(13-11-18)21-16(3)20-14-17-8-6-5-7-9-17;1-5-11-16-13(4)17-15-9-7-14(8-10-15)12(3)6-2;2*1-3-8(2)9-4-6-10(11)7-5-9/h6-9,16-19,22H,4-5,10-15H2,1-3H3;5-13,15-16H,4,14H2,1-3H3;7-10,12-13H,5-6,11H2,1-4H3;2*4-8,11H,3H2,1-2H3. The van der Waals surface area contributed by atoms with Gasteiger partial charge in [0.2, 0.25) is 6.29 Å². The Bertz CT molecular complexity index is 2580. The highest BCUT2D eigenvalue weighted by atomic mass is 16.7. The second-order valence-electron chi connectivity index (χ2n) is 24.7. The normalized spacial score (nSPS) is 20.0. The van der Waals surface area contributed by atoms with Crippen LogP contribution >= 0.6 is 0 Å². The summed E-state index contributed by atoms with van der Waals surface area (Å²) in [5.74, 6) is 9.15. The molecule has 0 spiro atoms. The SMILES string of the molecule is CCC(C)c1ccc(O)cc1.CCC(C)c1ccc(O)cc1.CCC(C)c1ccc(OC(C)OCc2ccccc2)cc1.CCCOC(C)Oc1ccc(C(C)CC)cc1.CCOC(Oc1ccc(C(C)CC)cc1)C12CC3CC(CC(C3)C1)C2. The summed E-state index contributed by atoms with van der Waals surface area (Å²) >= 11 is 0. The third-order valence-corrected chi connectivity index (χ3v) is 18.0. The maximum absolute atomic E-state index is 9.01. The van der Waals surface area contributed by atoms with E-state index < -0.39 is 0 Å². The smallest absolute Gasteiger partial charge is 0.205 e. The average molecular weight is 1160 g/mol. The summed E-state index contributed by atoms with van der Waals surface area (Å²) in [4.78, 5) is 0. The lowest BCUT2D eigenvalue weighted by Gasteiger charge is -2.58. The van der Waals surface area contributed by atoms with Gasteiger partial charge in [-0.25, -0.2) is 0 Å². The van der Waals surface area contributed by atoms with Crippen molar-refractivity contribution in [3.8, 4) is 28.7 Å². The van der Waals surface area contributed by atoms with Gasteiger partial charge in [0.1, 0.15) is 28.7 Å². The number of aromatic hydroxyl groups is 2. The molecule has 4 bridgehead atoms. The van der Waals surface area contributed by atoms with E-state index in [2.05, 4.69) is 132 Å². The monoisotopic (exact) mass is 1160 g/mol. The molecule has 8 atom stereocenters. The van der Waals surface area contributed by atoms with Crippen LogP contribution in [0.2, 0.25) is 0 Å². The summed E-state index contributed by atoms with van der Waals surface area (Å²) in [5.41, 5.74) is 8.12. The van der Waals surface area contributed by atoms with Crippen LogP contribution < -0.4 is 14.2 Å². The van der Waals surface area contributed by atoms with E-state index in [4.69, 9.17) is 38.6 Å². The maximum Gasteiger partial charge on any atom is 0.205 e. The molecule has 0 radical (unpaired) electrons. The second-order valence-corrected chi connectivity index (χ2v) is 24.7. The fourth-order valence-corrected chi connectivity index (χ4v) is 12.0. The van der Waals surface area contributed by atoms with E-state index in [0.717, 1.165) is 85.9 Å². The molecule has 466 valence electrons. The molecule has 0 saturated heterocycles. The van der Waals surface area contributed by atoms with Crippen molar-refractivity contribution in [1.82, 2.24) is 0 Å². The molecule has 4 aliphatic carbocycles. The minimum atomic E-state index is -0.264. The summed E-state index contributed by atoms with van der Waals surface area (Å²) in [7, 11) is 0. The van der Waals surface area contributed by atoms with E-state index in [9.17, 15) is 0 Å². The number of hydrogen-bond acceptors (Lipinski definition) is 8. The van der Waals surface area contributed by atoms with Crippen LogP contribution in [0.25, 0.3) is 0 Å². The molecule has 0 heterocycles. The Balaban J connectivity index is 0.000000201. The van der Waals surface area contributed by atoms with Crippen LogP contribution in [0, 0.1) is 23.2 Å². The van der Waals surface area contributed by atoms with Gasteiger partial charge in [-0.05, 0) is 239 Å². The average Bonchev–Trinajstić information content (AvgIpc) is 1.92. The predicted molar refractivity (Wildman–Crippen MR) is 353 cm³/mol. The van der Waals surface area contributed by atoms with Crippen LogP contribution in [0.3, 0.4) is 0 Å². The Morgan fingerprint density at radius 2 is 0.706 bits per heavy atom. The van der Waals surface area contributed by atoms with Crippen LogP contribution in [-0.2, 0) is 20.8 Å². The molecule has 0 aliphatic heterocycles. The fourth-order valence-electron chi connectivity index (χ4n) is 12.0. The quantitative estimate of drug-likeness (QED) is 0.0548. The summed E-state index contributed by atoms with van der Waals surface area (Å²) in [6.45, 7) is 32.2. The Hall–Kier alpha value is -5.80. The first-order valence-electron chi connectivity index (χ1n) is 32.7. The topological polar surface area (TPSA) is 95.8 Å². The number of rotatable bonds is 25. The molecule has 0 aromatic heterocycles. The molecule has 8 heteroatoms. The number of benzene rings is 6. The lowest BCUT2D eigenvalue weighted by molar-refractivity contribution is -0.213. The molecule has 10 rings (SSSR count). The zero-order valence-corrected chi connectivity index (χ0v) is 54.7. The summed E-state index contributed by atoms with van der Waals surface area (Å²) in [6, 6.07) is 50.3. The van der Waals surface area contributed by atoms with Crippen LogP contribution in [-0.4, -0.2) is 42.3 Å². The Kier molecular flexibility index (Phi) is 30.5. The van der Waals surface area contributed by atoms with Gasteiger partial charge in [0.25, 0.3) is 0 Å². The summed E-state index contributed by atoms with van der Waals surface area (Å²) in [5, 5.41) is 18.0. The molecule has 0 amide bonds. The van der Waals surface area contributed by atoms with Crippen molar-refractivity contribution in [3.05, 3.63) is 185 Å². The van der Waals surface area contributed by atoms with Crippen LogP contribution in [0.5, 0.6) is 28.7 Å². The Morgan fingerprint density at radius 3 is 1.02 bits per heavy atom. The van der Waals surface area contributed by atoms with E-state index in [0.29, 0.717) is 47.7 Å². The predicted octanol–water partition coefficient (Wildman–Crippen LogP) is 21.5. The number of phenolic OH excluding ortho intramolecular Hbond substituents is 2. The fraction of sp³-hybridized carbons (Fsp3) is 0.532. The van der Waals surface area contributed by atoms with Crippen LogP contribution in [0.15, 0.2) is 152 Å². The van der Waals surface area contributed by atoms with E-state index in [-0.39, 0.29) is 24.3 Å². The first-order chi connectivity index (χ1) is 40.9. The lowest BCUT2D eigenvalue weighted by Crippen LogP contribution is -2.54. The van der Waals surface area contributed by atoms with E-state index in [1.54, 1.807) is 24.3 Å². The van der Waals surface area contributed by atoms with Crippen molar-refractivity contribution in [3.63, 3.8) is 0 Å². The van der Waals surface area contributed by atoms with Crippen LogP contribution in [0.4, 0.5) is 0 Å². The van der Waals surface area contributed by atoms with E-state index in [1.165, 1.54) is 72.8 Å². The van der Waals surface area contributed by atoms with Crippen LogP contribution in [0.1, 0.15) is 237 Å². The zero-order valence-electron chi connectivity index (χ0n) is 54.7. The van der Waals surface area contributed by atoms with Crippen molar-refractivity contribution in [2.45, 2.75) is 229 Å². The first kappa shape index (κ1) is 70.0. The number of hydrogen-bond donors (Lipinski definition) is 2. The highest BCUT2D eigenvalue weighted by Crippen LogP contribution is 2.62. The van der Waals surface area contributed by atoms with Gasteiger partial charge in [0.15, 0.2) is 12.6 Å². The van der Waals surface area contributed by atoms with Gasteiger partial charge >= 0.3 is 0 Å². The molecule has 4 fully saturated rings. The van der Waals surface area contributed by atoms with Gasteiger partial charge in [-0.2, -0.15) is 0 Å². The molecule has 85 heavy (non-hydrogen) atoms. The van der Waals surface area contributed by atoms with E-state index >= 15 is 0 Å². The summed E-state index contributed by atoms with van der Waals surface area (Å²) < 4.78 is 35.3. The lowest BCUT2D eigenvalue weighted by atomic mass is 9.49. The largest absolute Gasteiger partial charge is 0.508 e. The highest BCUT2D eigenvalue weighted by Gasteiger charge is 2.56. The molecule has 8 unspecified atom stereocenters. The molecule has 4 saturated carbocycles. The number of ether oxygens (including phenoxy) is 6. The summed E-state index contributed by atoms with van der Waals surface area (Å²) in [6.07, 6.45) is 14.6. The molecule has 6 aromatic rings. The van der Waals surface area contributed by atoms with Crippen molar-refractivity contribution in [1.29, 1.82) is 0 Å². The van der Waals surface area contributed by atoms with Gasteiger partial charge in [0, 0.05) is 12.0 Å². The zero-order chi connectivity index (χ0) is 61.7. The second kappa shape index (κ2) is 37.0. The van der Waals surface area contributed by atoms with Crippen molar-refractivity contribution in [2.24, 2.45) is 23.2 Å². The maximum atomic E-state index is 9.01. The molecular weight excluding hydrogens is 1050 g/mol. The third-order valence-electron chi connectivity index (χ3n) is 18.0. The molecule has 2 N–H and O–H groups in total. The van der Waals surface area contributed by atoms with Crippen molar-refractivity contribution in [2.75, 3.05) is 13.2 Å². The highest BCUT2D eigenvalue weighted by molar-refractivity contribution is 5.32. The third kappa shape index (κ3) is 23.4. The van der Waals surface area contributed by atoms with Crippen molar-refractivity contribution >= 4 is 0 Å².